The van der Waals surface area contributed by atoms with Crippen LogP contribution >= 0.6 is 0 Å². The zero-order valence-corrected chi connectivity index (χ0v) is 21.1. The molecule has 0 radical (unpaired) electrons. The van der Waals surface area contributed by atoms with E-state index in [-0.39, 0.29) is 18.3 Å². The summed E-state index contributed by atoms with van der Waals surface area (Å²) in [5.74, 6) is -3.67. The van der Waals surface area contributed by atoms with E-state index >= 15 is 0 Å². The minimum absolute atomic E-state index is 0.0461. The van der Waals surface area contributed by atoms with Gasteiger partial charge in [-0.2, -0.15) is 0 Å². The van der Waals surface area contributed by atoms with Gasteiger partial charge in [0.15, 0.2) is 0 Å². The summed E-state index contributed by atoms with van der Waals surface area (Å²) in [4.78, 5) is 53.4. The van der Waals surface area contributed by atoms with Gasteiger partial charge in [0.1, 0.15) is 18.1 Å². The number of nitrogens with two attached hydrogens (primary N) is 1. The van der Waals surface area contributed by atoms with Crippen molar-refractivity contribution in [1.82, 2.24) is 20.9 Å². The first-order chi connectivity index (χ1) is 17.0. The number of carbonyl (C=O) groups excluding carboxylic acids is 3. The first-order valence-corrected chi connectivity index (χ1v) is 12.0. The summed E-state index contributed by atoms with van der Waals surface area (Å²) in [6.07, 6.45) is 2.45. The van der Waals surface area contributed by atoms with Crippen molar-refractivity contribution < 1.29 is 29.4 Å². The first kappa shape index (κ1) is 28.8. The Morgan fingerprint density at radius 3 is 2.19 bits per heavy atom. The van der Waals surface area contributed by atoms with Crippen LogP contribution in [0.1, 0.15) is 39.7 Å². The number of fused-ring (bicyclic) bond motifs is 1. The van der Waals surface area contributed by atoms with E-state index < -0.39 is 54.5 Å². The molecule has 1 aromatic heterocycles. The lowest BCUT2D eigenvalue weighted by Gasteiger charge is -2.27. The number of aliphatic hydroxyl groups excluding tert-OH is 1. The molecule has 0 saturated heterocycles. The van der Waals surface area contributed by atoms with E-state index in [0.717, 1.165) is 16.5 Å². The third-order valence-corrected chi connectivity index (χ3v) is 6.34. The molecule has 0 bridgehead atoms. The molecule has 0 saturated carbocycles. The number of para-hydroxylation sites is 1. The first-order valence-electron chi connectivity index (χ1n) is 12.0. The van der Waals surface area contributed by atoms with Crippen molar-refractivity contribution in [1.29, 1.82) is 0 Å². The van der Waals surface area contributed by atoms with E-state index in [1.54, 1.807) is 20.0 Å². The molecule has 0 aliphatic rings. The van der Waals surface area contributed by atoms with Crippen LogP contribution in [0.3, 0.4) is 0 Å². The number of aliphatic carboxylic acids is 1. The summed E-state index contributed by atoms with van der Waals surface area (Å²) in [7, 11) is 0. The fourth-order valence-corrected chi connectivity index (χ4v) is 3.75. The molecule has 11 heteroatoms. The lowest BCUT2D eigenvalue weighted by molar-refractivity contribution is -0.143. The molecule has 5 atom stereocenters. The minimum Gasteiger partial charge on any atom is -0.480 e. The van der Waals surface area contributed by atoms with E-state index in [1.807, 2.05) is 38.1 Å². The van der Waals surface area contributed by atoms with Crippen molar-refractivity contribution in [3.63, 3.8) is 0 Å². The van der Waals surface area contributed by atoms with Gasteiger partial charge in [0.05, 0.1) is 12.6 Å². The smallest absolute Gasteiger partial charge is 0.328 e. The Morgan fingerprint density at radius 1 is 0.972 bits per heavy atom. The molecular formula is C25H37N5O6. The van der Waals surface area contributed by atoms with E-state index in [4.69, 9.17) is 5.73 Å². The monoisotopic (exact) mass is 503 g/mol. The lowest BCUT2D eigenvalue weighted by atomic mass is 9.97. The van der Waals surface area contributed by atoms with Crippen LogP contribution in [0.15, 0.2) is 30.5 Å². The van der Waals surface area contributed by atoms with Crippen molar-refractivity contribution in [3.05, 3.63) is 36.0 Å². The molecule has 1 aromatic carbocycles. The fraction of sp³-hybridized carbons (Fsp3) is 0.520. The number of rotatable bonds is 13. The molecule has 0 aliphatic heterocycles. The summed E-state index contributed by atoms with van der Waals surface area (Å²) in [6.45, 7) is 6.44. The van der Waals surface area contributed by atoms with Gasteiger partial charge >= 0.3 is 5.97 Å². The third-order valence-electron chi connectivity index (χ3n) is 6.34. The second-order valence-electron chi connectivity index (χ2n) is 9.35. The van der Waals surface area contributed by atoms with E-state index in [0.29, 0.717) is 6.42 Å². The molecule has 11 nitrogen and oxygen atoms in total. The molecule has 36 heavy (non-hydrogen) atoms. The highest BCUT2D eigenvalue weighted by Gasteiger charge is 2.32. The van der Waals surface area contributed by atoms with E-state index in [2.05, 4.69) is 20.9 Å². The van der Waals surface area contributed by atoms with Crippen molar-refractivity contribution in [2.45, 2.75) is 64.7 Å². The Hall–Kier alpha value is -3.44. The van der Waals surface area contributed by atoms with Gasteiger partial charge in [-0.3, -0.25) is 14.4 Å². The highest BCUT2D eigenvalue weighted by molar-refractivity contribution is 5.95. The zero-order chi connectivity index (χ0) is 27.0. The van der Waals surface area contributed by atoms with Crippen LogP contribution in [0, 0.1) is 11.8 Å². The SMILES string of the molecule is CCC(C)C(N)C(=O)NC(C(=O)NC(Cc1c[nH]c2ccccc12)C(=O)NC(CO)C(=O)O)C(C)C. The summed E-state index contributed by atoms with van der Waals surface area (Å²) in [6, 6.07) is 2.94. The Labute approximate surface area is 210 Å². The number of H-pyrrole nitrogens is 1. The maximum Gasteiger partial charge on any atom is 0.328 e. The van der Waals surface area contributed by atoms with Gasteiger partial charge in [0.25, 0.3) is 0 Å². The predicted molar refractivity (Wildman–Crippen MR) is 135 cm³/mol. The van der Waals surface area contributed by atoms with Crippen LogP contribution in [0.4, 0.5) is 0 Å². The fourth-order valence-electron chi connectivity index (χ4n) is 3.75. The van der Waals surface area contributed by atoms with Gasteiger partial charge in [-0.25, -0.2) is 4.79 Å². The Bertz CT molecular complexity index is 1070. The summed E-state index contributed by atoms with van der Waals surface area (Å²) in [5, 5.41) is 27.0. The number of aliphatic hydroxyl groups is 1. The lowest BCUT2D eigenvalue weighted by Crippen LogP contribution is -2.59. The number of benzene rings is 1. The van der Waals surface area contributed by atoms with Gasteiger partial charge in [0, 0.05) is 23.5 Å². The maximum atomic E-state index is 13.3. The topological polar surface area (TPSA) is 187 Å². The Kier molecular flexibility index (Phi) is 10.4. The maximum absolute atomic E-state index is 13.3. The molecule has 0 fully saturated rings. The third kappa shape index (κ3) is 7.28. The van der Waals surface area contributed by atoms with Crippen LogP contribution in [0.25, 0.3) is 10.9 Å². The van der Waals surface area contributed by atoms with Gasteiger partial charge in [-0.15, -0.1) is 0 Å². The summed E-state index contributed by atoms with van der Waals surface area (Å²) in [5.41, 5.74) is 7.58. The van der Waals surface area contributed by atoms with Crippen molar-refractivity contribution in [3.8, 4) is 0 Å². The number of carboxylic acid groups (broad SMARTS) is 1. The molecule has 0 aliphatic carbocycles. The van der Waals surface area contributed by atoms with Crippen molar-refractivity contribution in [2.24, 2.45) is 17.6 Å². The summed E-state index contributed by atoms with van der Waals surface area (Å²) < 4.78 is 0. The molecule has 1 heterocycles. The number of carbonyl (C=O) groups is 4. The predicted octanol–water partition coefficient (Wildman–Crippen LogP) is 0.271. The molecule has 8 N–H and O–H groups in total. The second-order valence-corrected chi connectivity index (χ2v) is 9.35. The Morgan fingerprint density at radius 2 is 1.61 bits per heavy atom. The van der Waals surface area contributed by atoms with Gasteiger partial charge in [-0.05, 0) is 23.5 Å². The normalized spacial score (nSPS) is 15.5. The molecule has 3 amide bonds. The number of carboxylic acids is 1. The number of hydrogen-bond donors (Lipinski definition) is 7. The number of nitrogens with one attached hydrogen (secondary N) is 4. The van der Waals surface area contributed by atoms with Gasteiger partial charge in [0.2, 0.25) is 17.7 Å². The molecular weight excluding hydrogens is 466 g/mol. The van der Waals surface area contributed by atoms with Gasteiger partial charge in [-0.1, -0.05) is 52.3 Å². The highest BCUT2D eigenvalue weighted by atomic mass is 16.4. The molecule has 5 unspecified atom stereocenters. The average Bonchev–Trinajstić information content (AvgIpc) is 3.26. The quantitative estimate of drug-likeness (QED) is 0.204. The van der Waals surface area contributed by atoms with Crippen molar-refractivity contribution >= 4 is 34.6 Å². The number of aromatic nitrogens is 1. The zero-order valence-electron chi connectivity index (χ0n) is 21.1. The van der Waals surface area contributed by atoms with E-state index in [9.17, 15) is 29.4 Å². The molecule has 198 valence electrons. The highest BCUT2D eigenvalue weighted by Crippen LogP contribution is 2.19. The van der Waals surface area contributed by atoms with Crippen LogP contribution < -0.4 is 21.7 Å². The molecule has 0 spiro atoms. The minimum atomic E-state index is -1.53. The van der Waals surface area contributed by atoms with Crippen molar-refractivity contribution in [2.75, 3.05) is 6.61 Å². The molecule has 2 rings (SSSR count). The number of aromatic amines is 1. The Balaban J connectivity index is 2.29. The van der Waals surface area contributed by atoms with E-state index in [1.165, 1.54) is 0 Å². The van der Waals surface area contributed by atoms with Crippen LogP contribution in [0.5, 0.6) is 0 Å². The standard InChI is InChI=1S/C25H37N5O6/c1-5-14(4)20(26)23(33)30-21(13(2)3)24(34)28-18(22(32)29-19(12-31)25(35)36)10-15-11-27-17-9-7-6-8-16(15)17/h6-9,11,13-14,18-21,27,31H,5,10,12,26H2,1-4H3,(H,28,34)(H,29,32)(H,30,33)(H,35,36). The summed E-state index contributed by atoms with van der Waals surface area (Å²) >= 11 is 0. The number of amides is 3. The van der Waals surface area contributed by atoms with Gasteiger partial charge < -0.3 is 36.9 Å². The van der Waals surface area contributed by atoms with Crippen LogP contribution in [0.2, 0.25) is 0 Å². The molecule has 2 aromatic rings. The van der Waals surface area contributed by atoms with Crippen LogP contribution in [-0.4, -0.2) is 69.7 Å². The largest absolute Gasteiger partial charge is 0.480 e. The average molecular weight is 504 g/mol. The number of hydrogen-bond acceptors (Lipinski definition) is 6. The second kappa shape index (κ2) is 13.0. The van der Waals surface area contributed by atoms with Crippen LogP contribution in [-0.2, 0) is 25.6 Å².